The fourth-order valence-electron chi connectivity index (χ4n) is 3.90. The number of benzene rings is 2. The van der Waals surface area contributed by atoms with Crippen molar-refractivity contribution in [3.05, 3.63) is 71.1 Å². The van der Waals surface area contributed by atoms with Gasteiger partial charge in [-0.2, -0.15) is 4.98 Å². The molecule has 7 heteroatoms. The van der Waals surface area contributed by atoms with Crippen LogP contribution in [0.15, 0.2) is 59.1 Å². The van der Waals surface area contributed by atoms with Gasteiger partial charge in [-0.3, -0.25) is 9.69 Å². The van der Waals surface area contributed by atoms with Crippen LogP contribution in [0.4, 0.5) is 0 Å². The minimum absolute atomic E-state index is 0.0686. The second kappa shape index (κ2) is 10.6. The Morgan fingerprint density at radius 3 is 2.61 bits per heavy atom. The SMILES string of the molecule is O=C(NCCCc1ccccc1Cl)C1CCN(Cc2nc(-c3ccccc3)no2)CC1. The van der Waals surface area contributed by atoms with Crippen molar-refractivity contribution in [2.45, 2.75) is 32.2 Å². The molecule has 2 heterocycles. The standard InChI is InChI=1S/C24H27ClN4O2/c25-21-11-5-4-7-18(21)10-6-14-26-24(30)20-12-15-29(16-13-20)17-22-27-23(28-31-22)19-8-2-1-3-9-19/h1-5,7-9,11,20H,6,10,12-17H2,(H,26,30). The molecule has 31 heavy (non-hydrogen) atoms. The summed E-state index contributed by atoms with van der Waals surface area (Å²) in [7, 11) is 0. The maximum atomic E-state index is 12.5. The van der Waals surface area contributed by atoms with Crippen molar-refractivity contribution in [1.82, 2.24) is 20.4 Å². The molecule has 162 valence electrons. The zero-order chi connectivity index (χ0) is 21.5. The van der Waals surface area contributed by atoms with Gasteiger partial charge in [-0.15, -0.1) is 0 Å². The molecule has 1 N–H and O–H groups in total. The van der Waals surface area contributed by atoms with E-state index in [0.29, 0.717) is 24.8 Å². The van der Waals surface area contributed by atoms with Crippen LogP contribution in [0, 0.1) is 5.92 Å². The normalized spacial score (nSPS) is 15.1. The Kier molecular flexibility index (Phi) is 7.33. The molecule has 0 saturated carbocycles. The minimum atomic E-state index is 0.0686. The van der Waals surface area contributed by atoms with Crippen molar-refractivity contribution < 1.29 is 9.32 Å². The molecule has 1 aromatic heterocycles. The number of carbonyl (C=O) groups is 1. The molecule has 0 atom stereocenters. The van der Waals surface area contributed by atoms with E-state index in [2.05, 4.69) is 20.4 Å². The van der Waals surface area contributed by atoms with E-state index in [9.17, 15) is 4.79 Å². The molecule has 1 fully saturated rings. The van der Waals surface area contributed by atoms with E-state index in [4.69, 9.17) is 16.1 Å². The topological polar surface area (TPSA) is 71.3 Å². The number of carbonyl (C=O) groups excluding carboxylic acids is 1. The van der Waals surface area contributed by atoms with E-state index in [-0.39, 0.29) is 11.8 Å². The molecule has 4 rings (SSSR count). The lowest BCUT2D eigenvalue weighted by molar-refractivity contribution is -0.126. The van der Waals surface area contributed by atoms with Gasteiger partial charge in [-0.25, -0.2) is 0 Å². The predicted octanol–water partition coefficient (Wildman–Crippen LogP) is 4.35. The summed E-state index contributed by atoms with van der Waals surface area (Å²) in [5.74, 6) is 1.45. The van der Waals surface area contributed by atoms with Crippen LogP contribution in [0.25, 0.3) is 11.4 Å². The largest absolute Gasteiger partial charge is 0.356 e. The summed E-state index contributed by atoms with van der Waals surface area (Å²) >= 11 is 6.18. The highest BCUT2D eigenvalue weighted by Gasteiger charge is 2.25. The third kappa shape index (κ3) is 5.93. The minimum Gasteiger partial charge on any atom is -0.356 e. The van der Waals surface area contributed by atoms with Gasteiger partial charge in [0, 0.05) is 23.0 Å². The van der Waals surface area contributed by atoms with Gasteiger partial charge < -0.3 is 9.84 Å². The van der Waals surface area contributed by atoms with Crippen molar-refractivity contribution in [3.63, 3.8) is 0 Å². The number of amides is 1. The Hall–Kier alpha value is -2.70. The molecular formula is C24H27ClN4O2. The zero-order valence-corrected chi connectivity index (χ0v) is 18.2. The first-order valence-electron chi connectivity index (χ1n) is 10.8. The first kappa shape index (κ1) is 21.5. The number of aromatic nitrogens is 2. The molecule has 1 amide bonds. The van der Waals surface area contributed by atoms with Gasteiger partial charge in [0.25, 0.3) is 0 Å². The third-order valence-corrected chi connectivity index (χ3v) is 6.07. The summed E-state index contributed by atoms with van der Waals surface area (Å²) in [4.78, 5) is 19.3. The van der Waals surface area contributed by atoms with Gasteiger partial charge in [0.1, 0.15) is 0 Å². The number of aryl methyl sites for hydroxylation is 1. The lowest BCUT2D eigenvalue weighted by Crippen LogP contribution is -2.40. The molecular weight excluding hydrogens is 412 g/mol. The summed E-state index contributed by atoms with van der Waals surface area (Å²) in [5, 5.41) is 7.96. The fraction of sp³-hybridized carbons (Fsp3) is 0.375. The van der Waals surface area contributed by atoms with Crippen LogP contribution in [0.1, 0.15) is 30.7 Å². The second-order valence-corrected chi connectivity index (χ2v) is 8.32. The van der Waals surface area contributed by atoms with Crippen LogP contribution in [-0.4, -0.2) is 40.6 Å². The highest BCUT2D eigenvalue weighted by atomic mass is 35.5. The van der Waals surface area contributed by atoms with E-state index in [1.807, 2.05) is 54.6 Å². The molecule has 1 aliphatic rings. The first-order valence-corrected chi connectivity index (χ1v) is 11.2. The van der Waals surface area contributed by atoms with Crippen molar-refractivity contribution in [1.29, 1.82) is 0 Å². The zero-order valence-electron chi connectivity index (χ0n) is 17.5. The quantitative estimate of drug-likeness (QED) is 0.529. The van der Waals surface area contributed by atoms with Crippen molar-refractivity contribution >= 4 is 17.5 Å². The van der Waals surface area contributed by atoms with E-state index >= 15 is 0 Å². The Morgan fingerprint density at radius 2 is 1.84 bits per heavy atom. The highest BCUT2D eigenvalue weighted by Crippen LogP contribution is 2.21. The Labute approximate surface area is 187 Å². The van der Waals surface area contributed by atoms with Crippen molar-refractivity contribution in [2.24, 2.45) is 5.92 Å². The summed E-state index contributed by atoms with van der Waals surface area (Å²) in [6.07, 6.45) is 3.44. The van der Waals surface area contributed by atoms with Crippen molar-refractivity contribution in [3.8, 4) is 11.4 Å². The Morgan fingerprint density at radius 1 is 1.10 bits per heavy atom. The summed E-state index contributed by atoms with van der Waals surface area (Å²) in [5.41, 5.74) is 2.07. The highest BCUT2D eigenvalue weighted by molar-refractivity contribution is 6.31. The monoisotopic (exact) mass is 438 g/mol. The number of halogens is 1. The summed E-state index contributed by atoms with van der Waals surface area (Å²) in [6, 6.07) is 17.7. The number of hydrogen-bond donors (Lipinski definition) is 1. The lowest BCUT2D eigenvalue weighted by Gasteiger charge is -2.30. The fourth-order valence-corrected chi connectivity index (χ4v) is 4.13. The van der Waals surface area contributed by atoms with Crippen LogP contribution in [0.3, 0.4) is 0 Å². The molecule has 0 bridgehead atoms. The van der Waals surface area contributed by atoms with E-state index in [1.165, 1.54) is 0 Å². The number of hydrogen-bond acceptors (Lipinski definition) is 5. The average Bonchev–Trinajstić information content (AvgIpc) is 3.27. The van der Waals surface area contributed by atoms with E-state index in [0.717, 1.165) is 54.9 Å². The maximum absolute atomic E-state index is 12.5. The van der Waals surface area contributed by atoms with Gasteiger partial charge in [0.05, 0.1) is 6.54 Å². The van der Waals surface area contributed by atoms with Gasteiger partial charge >= 0.3 is 0 Å². The molecule has 1 aliphatic heterocycles. The summed E-state index contributed by atoms with van der Waals surface area (Å²) in [6.45, 7) is 2.99. The van der Waals surface area contributed by atoms with Gasteiger partial charge in [0.15, 0.2) is 0 Å². The number of nitrogens with one attached hydrogen (secondary N) is 1. The molecule has 0 aliphatic carbocycles. The smallest absolute Gasteiger partial charge is 0.241 e. The first-order chi connectivity index (χ1) is 15.2. The molecule has 0 radical (unpaired) electrons. The number of piperidine rings is 1. The number of rotatable bonds is 8. The molecule has 1 saturated heterocycles. The maximum Gasteiger partial charge on any atom is 0.241 e. The third-order valence-electron chi connectivity index (χ3n) is 5.70. The second-order valence-electron chi connectivity index (χ2n) is 7.91. The summed E-state index contributed by atoms with van der Waals surface area (Å²) < 4.78 is 5.41. The van der Waals surface area contributed by atoms with Gasteiger partial charge in [-0.05, 0) is 50.4 Å². The molecule has 2 aromatic carbocycles. The van der Waals surface area contributed by atoms with Gasteiger partial charge in [-0.1, -0.05) is 65.3 Å². The van der Waals surface area contributed by atoms with Gasteiger partial charge in [0.2, 0.25) is 17.6 Å². The number of nitrogens with zero attached hydrogens (tertiary/aromatic N) is 3. The lowest BCUT2D eigenvalue weighted by atomic mass is 9.96. The van der Waals surface area contributed by atoms with Crippen LogP contribution < -0.4 is 5.32 Å². The number of likely N-dealkylation sites (tertiary alicyclic amines) is 1. The molecule has 3 aromatic rings. The van der Waals surface area contributed by atoms with Crippen molar-refractivity contribution in [2.75, 3.05) is 19.6 Å². The average molecular weight is 439 g/mol. The predicted molar refractivity (Wildman–Crippen MR) is 121 cm³/mol. The Balaban J connectivity index is 1.17. The molecule has 0 unspecified atom stereocenters. The van der Waals surface area contributed by atoms with Crippen LogP contribution in [0.5, 0.6) is 0 Å². The van der Waals surface area contributed by atoms with Crippen LogP contribution in [-0.2, 0) is 17.8 Å². The Bertz CT molecular complexity index is 984. The van der Waals surface area contributed by atoms with Crippen LogP contribution >= 0.6 is 11.6 Å². The molecule has 0 spiro atoms. The van der Waals surface area contributed by atoms with E-state index in [1.54, 1.807) is 0 Å². The molecule has 6 nitrogen and oxygen atoms in total. The van der Waals surface area contributed by atoms with E-state index < -0.39 is 0 Å². The van der Waals surface area contributed by atoms with Crippen LogP contribution in [0.2, 0.25) is 5.02 Å².